The Labute approximate surface area is 89.4 Å². The van der Waals surface area contributed by atoms with Crippen LogP contribution in [0.25, 0.3) is 0 Å². The van der Waals surface area contributed by atoms with Crippen molar-refractivity contribution in [2.45, 2.75) is 6.36 Å². The molecule has 8 heteroatoms. The summed E-state index contributed by atoms with van der Waals surface area (Å²) in [5.41, 5.74) is 5.13. The highest BCUT2D eigenvalue weighted by Gasteiger charge is 2.32. The maximum Gasteiger partial charge on any atom is 0.574 e. The molecule has 78 valence electrons. The molecule has 0 spiro atoms. The second-order valence-electron chi connectivity index (χ2n) is 2.19. The van der Waals surface area contributed by atoms with Gasteiger partial charge in [0, 0.05) is 6.07 Å². The molecule has 0 fully saturated rings. The molecule has 0 saturated heterocycles. The molecular formula is C6H3F4IN2O. The molecular weight excluding hydrogens is 319 g/mol. The van der Waals surface area contributed by atoms with Gasteiger partial charge in [-0.15, -0.1) is 13.2 Å². The number of anilines is 1. The Morgan fingerprint density at radius 2 is 2.00 bits per heavy atom. The van der Waals surface area contributed by atoms with Gasteiger partial charge in [-0.25, -0.2) is 4.39 Å². The first-order valence-corrected chi connectivity index (χ1v) is 4.25. The first-order chi connectivity index (χ1) is 6.29. The van der Waals surface area contributed by atoms with Crippen LogP contribution in [0.1, 0.15) is 0 Å². The summed E-state index contributed by atoms with van der Waals surface area (Å²) in [7, 11) is 0. The van der Waals surface area contributed by atoms with Crippen LogP contribution in [-0.2, 0) is 0 Å². The number of halogens is 5. The zero-order valence-electron chi connectivity index (χ0n) is 6.40. The van der Waals surface area contributed by atoms with E-state index in [4.69, 9.17) is 5.73 Å². The summed E-state index contributed by atoms with van der Waals surface area (Å²) in [6, 6.07) is 0.519. The van der Waals surface area contributed by atoms with Crippen molar-refractivity contribution in [2.24, 2.45) is 0 Å². The zero-order chi connectivity index (χ0) is 10.9. The summed E-state index contributed by atoms with van der Waals surface area (Å²) in [4.78, 5) is 3.21. The summed E-state index contributed by atoms with van der Waals surface area (Å²) in [6.07, 6.45) is -4.90. The Morgan fingerprint density at radius 1 is 1.43 bits per heavy atom. The van der Waals surface area contributed by atoms with Crippen LogP contribution in [0, 0.1) is 9.39 Å². The van der Waals surface area contributed by atoms with Gasteiger partial charge in [-0.3, -0.25) is 0 Å². The molecule has 1 heterocycles. The van der Waals surface area contributed by atoms with Crippen molar-refractivity contribution in [3.05, 3.63) is 15.5 Å². The molecule has 0 amide bonds. The highest BCUT2D eigenvalue weighted by Crippen LogP contribution is 2.25. The molecule has 1 rings (SSSR count). The third-order valence-electron chi connectivity index (χ3n) is 1.14. The minimum atomic E-state index is -4.90. The van der Waals surface area contributed by atoms with Gasteiger partial charge in [0.2, 0.25) is 5.88 Å². The van der Waals surface area contributed by atoms with E-state index in [0.29, 0.717) is 6.07 Å². The van der Waals surface area contributed by atoms with E-state index in [-0.39, 0.29) is 9.39 Å². The Hall–Kier alpha value is -0.800. The monoisotopic (exact) mass is 322 g/mol. The van der Waals surface area contributed by atoms with Crippen LogP contribution in [-0.4, -0.2) is 11.3 Å². The predicted molar refractivity (Wildman–Crippen MR) is 48.0 cm³/mol. The van der Waals surface area contributed by atoms with Crippen LogP contribution in [0.15, 0.2) is 6.07 Å². The van der Waals surface area contributed by atoms with Crippen molar-refractivity contribution in [2.75, 3.05) is 5.73 Å². The lowest BCUT2D eigenvalue weighted by Crippen LogP contribution is -2.18. The molecule has 0 atom stereocenters. The number of ether oxygens (including phenoxy) is 1. The third-order valence-corrected chi connectivity index (χ3v) is 2.20. The fraction of sp³-hybridized carbons (Fsp3) is 0.167. The van der Waals surface area contributed by atoms with E-state index in [1.807, 2.05) is 0 Å². The van der Waals surface area contributed by atoms with Crippen molar-refractivity contribution in [1.82, 2.24) is 4.98 Å². The van der Waals surface area contributed by atoms with E-state index in [1.165, 1.54) is 22.6 Å². The minimum absolute atomic E-state index is 0.0443. The van der Waals surface area contributed by atoms with Gasteiger partial charge in [-0.1, -0.05) is 0 Å². The SMILES string of the molecule is Nc1nc(OC(F)(F)F)cc(F)c1I. The fourth-order valence-electron chi connectivity index (χ4n) is 0.665. The van der Waals surface area contributed by atoms with Crippen molar-refractivity contribution in [3.63, 3.8) is 0 Å². The van der Waals surface area contributed by atoms with Gasteiger partial charge in [-0.2, -0.15) is 4.98 Å². The van der Waals surface area contributed by atoms with Crippen molar-refractivity contribution in [1.29, 1.82) is 0 Å². The molecule has 0 aliphatic carbocycles. The Bertz CT molecular complexity index is 331. The molecule has 3 nitrogen and oxygen atoms in total. The highest BCUT2D eigenvalue weighted by atomic mass is 127. The highest BCUT2D eigenvalue weighted by molar-refractivity contribution is 14.1. The molecule has 2 N–H and O–H groups in total. The van der Waals surface area contributed by atoms with Crippen LogP contribution < -0.4 is 10.5 Å². The van der Waals surface area contributed by atoms with E-state index in [2.05, 4.69) is 9.72 Å². The molecule has 0 bridgehead atoms. The summed E-state index contributed by atoms with van der Waals surface area (Å²) in [6.45, 7) is 0. The molecule has 0 aliphatic rings. The number of hydrogen-bond donors (Lipinski definition) is 1. The summed E-state index contributed by atoms with van der Waals surface area (Å²) >= 11 is 1.52. The van der Waals surface area contributed by atoms with Gasteiger partial charge in [0.25, 0.3) is 0 Å². The van der Waals surface area contributed by atoms with Gasteiger partial charge in [0.1, 0.15) is 11.6 Å². The Morgan fingerprint density at radius 3 is 2.43 bits per heavy atom. The number of nitrogen functional groups attached to an aromatic ring is 1. The number of alkyl halides is 3. The van der Waals surface area contributed by atoms with Gasteiger partial charge >= 0.3 is 6.36 Å². The van der Waals surface area contributed by atoms with Crippen LogP contribution in [0.4, 0.5) is 23.4 Å². The predicted octanol–water partition coefficient (Wildman–Crippen LogP) is 2.31. The van der Waals surface area contributed by atoms with Gasteiger partial charge < -0.3 is 10.5 Å². The largest absolute Gasteiger partial charge is 0.574 e. The van der Waals surface area contributed by atoms with Gasteiger partial charge in [0.15, 0.2) is 0 Å². The second kappa shape index (κ2) is 3.75. The quantitative estimate of drug-likeness (QED) is 0.638. The Balaban J connectivity index is 3.02. The standard InChI is InChI=1S/C6H3F4IN2O/c7-2-1-3(14-6(8,9)10)13-5(12)4(2)11/h1H,(H2,12,13). The van der Waals surface area contributed by atoms with E-state index in [9.17, 15) is 17.6 Å². The number of aromatic nitrogens is 1. The van der Waals surface area contributed by atoms with Crippen molar-refractivity contribution >= 4 is 28.4 Å². The Kier molecular flexibility index (Phi) is 3.02. The van der Waals surface area contributed by atoms with Crippen molar-refractivity contribution in [3.8, 4) is 5.88 Å². The number of hydrogen-bond acceptors (Lipinski definition) is 3. The van der Waals surface area contributed by atoms with E-state index in [1.54, 1.807) is 0 Å². The number of rotatable bonds is 1. The van der Waals surface area contributed by atoms with Crippen LogP contribution in [0.5, 0.6) is 5.88 Å². The second-order valence-corrected chi connectivity index (χ2v) is 3.27. The average Bonchev–Trinajstić information content (AvgIpc) is 1.96. The van der Waals surface area contributed by atoms with Crippen LogP contribution in [0.3, 0.4) is 0 Å². The lowest BCUT2D eigenvalue weighted by molar-refractivity contribution is -0.276. The van der Waals surface area contributed by atoms with Crippen molar-refractivity contribution < 1.29 is 22.3 Å². The lowest BCUT2D eigenvalue weighted by Gasteiger charge is -2.08. The van der Waals surface area contributed by atoms with Gasteiger partial charge in [0.05, 0.1) is 3.57 Å². The molecule has 0 unspecified atom stereocenters. The molecule has 0 aliphatic heterocycles. The number of nitrogens with zero attached hydrogens (tertiary/aromatic N) is 1. The molecule has 0 aromatic carbocycles. The van der Waals surface area contributed by atoms with Crippen LogP contribution >= 0.6 is 22.6 Å². The smallest absolute Gasteiger partial charge is 0.388 e. The lowest BCUT2D eigenvalue weighted by atomic mass is 10.4. The van der Waals surface area contributed by atoms with E-state index >= 15 is 0 Å². The first-order valence-electron chi connectivity index (χ1n) is 3.17. The molecule has 1 aromatic heterocycles. The number of pyridine rings is 1. The third kappa shape index (κ3) is 2.86. The minimum Gasteiger partial charge on any atom is -0.388 e. The molecule has 1 aromatic rings. The topological polar surface area (TPSA) is 48.1 Å². The summed E-state index contributed by atoms with van der Waals surface area (Å²) in [5, 5.41) is 0. The van der Waals surface area contributed by atoms with E-state index in [0.717, 1.165) is 0 Å². The maximum absolute atomic E-state index is 12.8. The normalized spacial score (nSPS) is 11.5. The fourth-order valence-corrected chi connectivity index (χ4v) is 0.941. The van der Waals surface area contributed by atoms with E-state index < -0.39 is 18.1 Å². The first kappa shape index (κ1) is 11.3. The molecule has 0 saturated carbocycles. The molecule has 0 radical (unpaired) electrons. The maximum atomic E-state index is 12.8. The summed E-state index contributed by atoms with van der Waals surface area (Å²) < 4.78 is 51.2. The van der Waals surface area contributed by atoms with Crippen LogP contribution in [0.2, 0.25) is 0 Å². The average molecular weight is 322 g/mol. The molecule has 14 heavy (non-hydrogen) atoms. The zero-order valence-corrected chi connectivity index (χ0v) is 8.56. The van der Waals surface area contributed by atoms with Gasteiger partial charge in [-0.05, 0) is 22.6 Å². The summed E-state index contributed by atoms with van der Waals surface area (Å²) in [5.74, 6) is -2.16. The number of nitrogens with two attached hydrogens (primary N) is 1.